The molecule has 0 aliphatic rings. The number of phenolic OH excluding ortho intramolecular Hbond substituents is 1. The topological polar surface area (TPSA) is 102 Å². The van der Waals surface area contributed by atoms with E-state index in [4.69, 9.17) is 9.84 Å². The summed E-state index contributed by atoms with van der Waals surface area (Å²) in [6, 6.07) is 5.71. The zero-order chi connectivity index (χ0) is 15.6. The number of hydrogen-bond acceptors (Lipinski definition) is 5. The van der Waals surface area contributed by atoms with Crippen LogP contribution in [0.5, 0.6) is 11.5 Å². The van der Waals surface area contributed by atoms with E-state index in [0.717, 1.165) is 6.20 Å². The van der Waals surface area contributed by atoms with E-state index in [1.165, 1.54) is 16.8 Å². The van der Waals surface area contributed by atoms with Gasteiger partial charge in [0.15, 0.2) is 17.2 Å². The largest absolute Gasteiger partial charge is 0.504 e. The minimum Gasteiger partial charge on any atom is -0.504 e. The predicted octanol–water partition coefficient (Wildman–Crippen LogP) is 2.09. The number of aromatic carboxylic acids is 1. The van der Waals surface area contributed by atoms with Gasteiger partial charge in [-0.1, -0.05) is 12.1 Å². The number of carboxylic acid groups (broad SMARTS) is 1. The first-order chi connectivity index (χ1) is 9.91. The van der Waals surface area contributed by atoms with E-state index < -0.39 is 11.9 Å². The fraction of sp³-hybridized carbons (Fsp3) is 0.214. The Morgan fingerprint density at radius 3 is 2.52 bits per heavy atom. The van der Waals surface area contributed by atoms with Gasteiger partial charge in [-0.2, -0.15) is 5.10 Å². The van der Waals surface area contributed by atoms with Gasteiger partial charge in [0, 0.05) is 6.04 Å². The number of esters is 1. The van der Waals surface area contributed by atoms with Gasteiger partial charge in [-0.05, 0) is 26.0 Å². The molecule has 0 spiro atoms. The van der Waals surface area contributed by atoms with Gasteiger partial charge >= 0.3 is 11.9 Å². The molecule has 1 aromatic carbocycles. The molecule has 7 heteroatoms. The summed E-state index contributed by atoms with van der Waals surface area (Å²) in [5.41, 5.74) is -0.412. The van der Waals surface area contributed by atoms with Crippen molar-refractivity contribution >= 4 is 11.9 Å². The van der Waals surface area contributed by atoms with Gasteiger partial charge in [0.25, 0.3) is 0 Å². The third-order valence-corrected chi connectivity index (χ3v) is 2.78. The quantitative estimate of drug-likeness (QED) is 0.660. The zero-order valence-corrected chi connectivity index (χ0v) is 11.5. The number of carbonyl (C=O) groups excluding carboxylic acids is 1. The Bertz CT molecular complexity index is 690. The second-order valence-electron chi connectivity index (χ2n) is 4.61. The molecular weight excluding hydrogens is 276 g/mol. The van der Waals surface area contributed by atoms with E-state index >= 15 is 0 Å². The summed E-state index contributed by atoms with van der Waals surface area (Å²) in [6.45, 7) is 3.52. The van der Waals surface area contributed by atoms with Crippen LogP contribution < -0.4 is 4.74 Å². The van der Waals surface area contributed by atoms with Crippen LogP contribution in [0.4, 0.5) is 0 Å². The number of phenols is 1. The van der Waals surface area contributed by atoms with Crippen LogP contribution >= 0.6 is 0 Å². The molecule has 1 heterocycles. The van der Waals surface area contributed by atoms with Crippen molar-refractivity contribution in [3.63, 3.8) is 0 Å². The van der Waals surface area contributed by atoms with Gasteiger partial charge in [-0.25, -0.2) is 9.59 Å². The summed E-state index contributed by atoms with van der Waals surface area (Å²) >= 11 is 0. The van der Waals surface area contributed by atoms with Crippen molar-refractivity contribution in [3.8, 4) is 11.5 Å². The smallest absolute Gasteiger partial charge is 0.363 e. The van der Waals surface area contributed by atoms with Gasteiger partial charge in [0.05, 0.1) is 6.20 Å². The molecule has 0 aliphatic heterocycles. The van der Waals surface area contributed by atoms with Crippen LogP contribution in [-0.2, 0) is 0 Å². The Balaban J connectivity index is 2.41. The lowest BCUT2D eigenvalue weighted by molar-refractivity contribution is 0.0659. The van der Waals surface area contributed by atoms with E-state index in [2.05, 4.69) is 5.10 Å². The first kappa shape index (κ1) is 14.6. The van der Waals surface area contributed by atoms with Crippen LogP contribution in [0.2, 0.25) is 0 Å². The standard InChI is InChI=1S/C14H14N2O5/c1-8(2)16-12(9(7-15-16)13(18)19)14(20)21-11-6-4-3-5-10(11)17/h3-8,17H,1-2H3,(H,18,19). The number of carboxylic acids is 1. The number of aromatic nitrogens is 2. The first-order valence-electron chi connectivity index (χ1n) is 6.22. The molecule has 0 unspecified atom stereocenters. The minimum atomic E-state index is -1.27. The van der Waals surface area contributed by atoms with E-state index in [0.29, 0.717) is 0 Å². The third kappa shape index (κ3) is 2.86. The van der Waals surface area contributed by atoms with Gasteiger partial charge in [0.1, 0.15) is 5.56 Å². The summed E-state index contributed by atoms with van der Waals surface area (Å²) in [5.74, 6) is -2.42. The second-order valence-corrected chi connectivity index (χ2v) is 4.61. The number of ether oxygens (including phenoxy) is 1. The van der Waals surface area contributed by atoms with Crippen LogP contribution in [0.25, 0.3) is 0 Å². The van der Waals surface area contributed by atoms with Crippen LogP contribution in [0.15, 0.2) is 30.5 Å². The zero-order valence-electron chi connectivity index (χ0n) is 11.5. The maximum Gasteiger partial charge on any atom is 0.363 e. The lowest BCUT2D eigenvalue weighted by atomic mass is 10.2. The molecule has 0 fully saturated rings. The Morgan fingerprint density at radius 1 is 1.29 bits per heavy atom. The van der Waals surface area contributed by atoms with Gasteiger partial charge < -0.3 is 14.9 Å². The molecule has 110 valence electrons. The van der Waals surface area contributed by atoms with Gasteiger partial charge in [0.2, 0.25) is 0 Å². The molecule has 21 heavy (non-hydrogen) atoms. The third-order valence-electron chi connectivity index (χ3n) is 2.78. The van der Waals surface area contributed by atoms with Crippen LogP contribution in [0.3, 0.4) is 0 Å². The number of carbonyl (C=O) groups is 2. The molecule has 2 N–H and O–H groups in total. The molecule has 0 atom stereocenters. The molecule has 0 aliphatic carbocycles. The van der Waals surface area contributed by atoms with Gasteiger partial charge in [-0.15, -0.1) is 0 Å². The highest BCUT2D eigenvalue weighted by atomic mass is 16.5. The van der Waals surface area contributed by atoms with Crippen molar-refractivity contribution in [1.29, 1.82) is 0 Å². The SMILES string of the molecule is CC(C)n1ncc(C(=O)O)c1C(=O)Oc1ccccc1O. The summed E-state index contributed by atoms with van der Waals surface area (Å²) in [7, 11) is 0. The van der Waals surface area contributed by atoms with Gasteiger partial charge in [-0.3, -0.25) is 4.68 Å². The summed E-state index contributed by atoms with van der Waals surface area (Å²) in [4.78, 5) is 23.4. The molecule has 0 amide bonds. The lowest BCUT2D eigenvalue weighted by Gasteiger charge is -2.11. The number of hydrogen-bond donors (Lipinski definition) is 2. The van der Waals surface area contributed by atoms with Crippen LogP contribution in [0, 0.1) is 0 Å². The van der Waals surface area contributed by atoms with E-state index in [-0.39, 0.29) is 28.8 Å². The Hall–Kier alpha value is -2.83. The highest BCUT2D eigenvalue weighted by Gasteiger charge is 2.26. The van der Waals surface area contributed by atoms with Crippen molar-refractivity contribution in [3.05, 3.63) is 41.7 Å². The predicted molar refractivity (Wildman–Crippen MR) is 72.6 cm³/mol. The van der Waals surface area contributed by atoms with Crippen molar-refractivity contribution in [1.82, 2.24) is 9.78 Å². The fourth-order valence-electron chi connectivity index (χ4n) is 1.81. The molecule has 0 bridgehead atoms. The molecule has 0 radical (unpaired) electrons. The van der Waals surface area contributed by atoms with Crippen LogP contribution in [-0.4, -0.2) is 31.9 Å². The summed E-state index contributed by atoms with van der Waals surface area (Å²) in [5, 5.41) is 22.6. The monoisotopic (exact) mass is 290 g/mol. The number of para-hydroxylation sites is 2. The Morgan fingerprint density at radius 2 is 1.95 bits per heavy atom. The maximum atomic E-state index is 12.2. The molecule has 1 aromatic heterocycles. The van der Waals surface area contributed by atoms with E-state index in [1.54, 1.807) is 26.0 Å². The molecule has 0 saturated carbocycles. The minimum absolute atomic E-state index is 0.0460. The fourth-order valence-corrected chi connectivity index (χ4v) is 1.81. The molecular formula is C14H14N2O5. The lowest BCUT2D eigenvalue weighted by Crippen LogP contribution is -2.20. The molecule has 7 nitrogen and oxygen atoms in total. The number of benzene rings is 1. The first-order valence-corrected chi connectivity index (χ1v) is 6.22. The average Bonchev–Trinajstić information content (AvgIpc) is 2.86. The second kappa shape index (κ2) is 5.66. The van der Waals surface area contributed by atoms with Crippen molar-refractivity contribution in [2.45, 2.75) is 19.9 Å². The normalized spacial score (nSPS) is 10.6. The molecule has 0 saturated heterocycles. The van der Waals surface area contributed by atoms with Crippen molar-refractivity contribution in [2.75, 3.05) is 0 Å². The molecule has 2 aromatic rings. The van der Waals surface area contributed by atoms with E-state index in [1.807, 2.05) is 0 Å². The van der Waals surface area contributed by atoms with Crippen molar-refractivity contribution in [2.24, 2.45) is 0 Å². The number of aromatic hydroxyl groups is 1. The number of rotatable bonds is 4. The summed E-state index contributed by atoms with van der Waals surface area (Å²) in [6.07, 6.45) is 1.10. The highest BCUT2D eigenvalue weighted by molar-refractivity contribution is 6.01. The van der Waals surface area contributed by atoms with Crippen LogP contribution in [0.1, 0.15) is 40.7 Å². The Kier molecular flexibility index (Phi) is 3.93. The average molecular weight is 290 g/mol. The summed E-state index contributed by atoms with van der Waals surface area (Å²) < 4.78 is 6.33. The van der Waals surface area contributed by atoms with E-state index in [9.17, 15) is 14.7 Å². The van der Waals surface area contributed by atoms with Crippen molar-refractivity contribution < 1.29 is 24.5 Å². The number of nitrogens with zero attached hydrogens (tertiary/aromatic N) is 2. The molecule has 2 rings (SSSR count). The highest BCUT2D eigenvalue weighted by Crippen LogP contribution is 2.26. The Labute approximate surface area is 120 Å². The maximum absolute atomic E-state index is 12.2.